The highest BCUT2D eigenvalue weighted by Crippen LogP contribution is 2.29. The number of halogens is 1. The zero-order valence-corrected chi connectivity index (χ0v) is 15.9. The molecule has 1 amide bonds. The third-order valence-corrected chi connectivity index (χ3v) is 5.20. The fourth-order valence-electron chi connectivity index (χ4n) is 3.64. The number of H-pyrrole nitrogens is 2. The van der Waals surface area contributed by atoms with Crippen LogP contribution in [0.1, 0.15) is 24.3 Å². The first-order chi connectivity index (χ1) is 14.7. The normalized spacial score (nSPS) is 14.3. The number of fused-ring (bicyclic) bond motifs is 1. The second kappa shape index (κ2) is 7.54. The number of aromatic amines is 2. The van der Waals surface area contributed by atoms with Gasteiger partial charge in [-0.2, -0.15) is 10.1 Å². The number of carbonyl (C=O) groups excluding carboxylic acids is 1. The molecule has 5 rings (SSSR count). The number of carbonyl (C=O) groups is 1. The van der Waals surface area contributed by atoms with Crippen molar-refractivity contribution in [2.24, 2.45) is 0 Å². The quantitative estimate of drug-likeness (QED) is 0.525. The van der Waals surface area contributed by atoms with Gasteiger partial charge in [0.15, 0.2) is 5.82 Å². The second-order valence-electron chi connectivity index (χ2n) is 7.06. The van der Waals surface area contributed by atoms with Gasteiger partial charge >= 0.3 is 0 Å². The maximum Gasteiger partial charge on any atom is 0.239 e. The standard InChI is InChI=1S/C20H18FN7O2/c21-13-1-2-14-15(10-22-16(14)9-13)12-5-7-28(8-6-12)18(29)4-3-17-25-20(27-30-17)19-23-11-24-26-19/h1-2,5,9-11,22H,3-4,6-8H2,(H,23,24,26). The Bertz CT molecular complexity index is 1230. The highest BCUT2D eigenvalue weighted by atomic mass is 19.1. The molecule has 0 saturated heterocycles. The van der Waals surface area contributed by atoms with E-state index in [0.717, 1.165) is 28.5 Å². The monoisotopic (exact) mass is 407 g/mol. The van der Waals surface area contributed by atoms with Gasteiger partial charge in [-0.15, -0.1) is 0 Å². The van der Waals surface area contributed by atoms with Crippen molar-refractivity contribution < 1.29 is 13.7 Å². The molecule has 0 bridgehead atoms. The van der Waals surface area contributed by atoms with E-state index in [1.165, 1.54) is 18.5 Å². The minimum Gasteiger partial charge on any atom is -0.360 e. The van der Waals surface area contributed by atoms with Crippen LogP contribution in [0.3, 0.4) is 0 Å². The van der Waals surface area contributed by atoms with Crippen LogP contribution in [-0.2, 0) is 11.2 Å². The molecule has 0 unspecified atom stereocenters. The average Bonchev–Trinajstić information content (AvgIpc) is 3.52. The van der Waals surface area contributed by atoms with Gasteiger partial charge in [-0.25, -0.2) is 9.37 Å². The molecular formula is C20H18FN7O2. The summed E-state index contributed by atoms with van der Waals surface area (Å²) >= 11 is 0. The van der Waals surface area contributed by atoms with Crippen LogP contribution in [0.15, 0.2) is 41.3 Å². The van der Waals surface area contributed by atoms with Crippen LogP contribution in [-0.4, -0.2) is 54.2 Å². The van der Waals surface area contributed by atoms with E-state index >= 15 is 0 Å². The van der Waals surface area contributed by atoms with E-state index in [9.17, 15) is 9.18 Å². The molecule has 30 heavy (non-hydrogen) atoms. The van der Waals surface area contributed by atoms with Crippen molar-refractivity contribution in [2.75, 3.05) is 13.1 Å². The number of amides is 1. The molecule has 9 nitrogen and oxygen atoms in total. The number of aryl methyl sites for hydroxylation is 1. The number of aromatic nitrogens is 6. The van der Waals surface area contributed by atoms with Crippen LogP contribution >= 0.6 is 0 Å². The Morgan fingerprint density at radius 3 is 3.07 bits per heavy atom. The van der Waals surface area contributed by atoms with E-state index in [1.54, 1.807) is 6.07 Å². The van der Waals surface area contributed by atoms with Gasteiger partial charge in [0.25, 0.3) is 0 Å². The van der Waals surface area contributed by atoms with Gasteiger partial charge < -0.3 is 14.4 Å². The van der Waals surface area contributed by atoms with Gasteiger partial charge in [0.1, 0.15) is 12.1 Å². The average molecular weight is 407 g/mol. The zero-order chi connectivity index (χ0) is 20.5. The third-order valence-electron chi connectivity index (χ3n) is 5.20. The lowest BCUT2D eigenvalue weighted by Crippen LogP contribution is -2.34. The fraction of sp³-hybridized carbons (Fsp3) is 0.250. The zero-order valence-electron chi connectivity index (χ0n) is 15.9. The Kier molecular flexibility index (Phi) is 4.58. The summed E-state index contributed by atoms with van der Waals surface area (Å²) in [5.41, 5.74) is 2.99. The fourth-order valence-corrected chi connectivity index (χ4v) is 3.64. The van der Waals surface area contributed by atoms with E-state index in [1.807, 2.05) is 11.1 Å². The number of nitrogens with one attached hydrogen (secondary N) is 2. The summed E-state index contributed by atoms with van der Waals surface area (Å²) < 4.78 is 18.6. The van der Waals surface area contributed by atoms with Crippen molar-refractivity contribution in [1.82, 2.24) is 35.2 Å². The number of rotatable bonds is 5. The largest absolute Gasteiger partial charge is 0.360 e. The Hall–Kier alpha value is -3.82. The minimum atomic E-state index is -0.264. The minimum absolute atomic E-state index is 0.0331. The molecule has 2 N–H and O–H groups in total. The number of hydrogen-bond donors (Lipinski definition) is 2. The predicted molar refractivity (Wildman–Crippen MR) is 105 cm³/mol. The van der Waals surface area contributed by atoms with Crippen LogP contribution in [0, 0.1) is 5.82 Å². The molecule has 1 aromatic carbocycles. The van der Waals surface area contributed by atoms with E-state index in [-0.39, 0.29) is 18.1 Å². The molecule has 0 fully saturated rings. The molecule has 1 aliphatic rings. The van der Waals surface area contributed by atoms with Gasteiger partial charge in [-0.1, -0.05) is 11.2 Å². The summed E-state index contributed by atoms with van der Waals surface area (Å²) in [6.07, 6.45) is 6.71. The second-order valence-corrected chi connectivity index (χ2v) is 7.06. The summed E-state index contributed by atoms with van der Waals surface area (Å²) in [5.74, 6) is 0.892. The van der Waals surface area contributed by atoms with Gasteiger partial charge in [0.05, 0.1) is 0 Å². The molecule has 152 valence electrons. The Morgan fingerprint density at radius 2 is 2.27 bits per heavy atom. The van der Waals surface area contributed by atoms with E-state index in [0.29, 0.717) is 37.0 Å². The molecule has 1 aliphatic heterocycles. The smallest absolute Gasteiger partial charge is 0.239 e. The molecule has 0 aliphatic carbocycles. The summed E-state index contributed by atoms with van der Waals surface area (Å²) in [5, 5.41) is 11.2. The van der Waals surface area contributed by atoms with Crippen LogP contribution in [0.2, 0.25) is 0 Å². The number of hydrogen-bond acceptors (Lipinski definition) is 6. The topological polar surface area (TPSA) is 117 Å². The van der Waals surface area contributed by atoms with Crippen molar-refractivity contribution in [3.8, 4) is 11.6 Å². The first-order valence-corrected chi connectivity index (χ1v) is 9.59. The summed E-state index contributed by atoms with van der Waals surface area (Å²) in [6, 6.07) is 4.74. The van der Waals surface area contributed by atoms with Crippen LogP contribution in [0.5, 0.6) is 0 Å². The van der Waals surface area contributed by atoms with Gasteiger partial charge in [0, 0.05) is 48.6 Å². The van der Waals surface area contributed by atoms with Crippen molar-refractivity contribution in [1.29, 1.82) is 0 Å². The Balaban J connectivity index is 1.20. The first kappa shape index (κ1) is 18.2. The highest BCUT2D eigenvalue weighted by Gasteiger charge is 2.20. The van der Waals surface area contributed by atoms with Crippen molar-refractivity contribution >= 4 is 22.4 Å². The first-order valence-electron chi connectivity index (χ1n) is 9.59. The Labute approximate surface area is 170 Å². The molecule has 10 heteroatoms. The lowest BCUT2D eigenvalue weighted by atomic mass is 9.98. The highest BCUT2D eigenvalue weighted by molar-refractivity contribution is 5.93. The molecule has 0 saturated carbocycles. The maximum absolute atomic E-state index is 13.4. The molecule has 3 aromatic heterocycles. The molecule has 0 radical (unpaired) electrons. The number of nitrogens with zero attached hydrogens (tertiary/aromatic N) is 5. The van der Waals surface area contributed by atoms with Crippen molar-refractivity contribution in [3.63, 3.8) is 0 Å². The lowest BCUT2D eigenvalue weighted by molar-refractivity contribution is -0.130. The van der Waals surface area contributed by atoms with E-state index < -0.39 is 0 Å². The molecule has 4 heterocycles. The van der Waals surface area contributed by atoms with Crippen LogP contribution in [0.25, 0.3) is 28.1 Å². The van der Waals surface area contributed by atoms with Gasteiger partial charge in [-0.3, -0.25) is 9.89 Å². The predicted octanol–water partition coefficient (Wildman–Crippen LogP) is 2.72. The van der Waals surface area contributed by atoms with Crippen molar-refractivity contribution in [3.05, 3.63) is 54.1 Å². The van der Waals surface area contributed by atoms with Crippen LogP contribution < -0.4 is 0 Å². The third kappa shape index (κ3) is 3.47. The maximum atomic E-state index is 13.4. The Morgan fingerprint density at radius 1 is 1.33 bits per heavy atom. The summed E-state index contributed by atoms with van der Waals surface area (Å²) in [6.45, 7) is 1.17. The summed E-state index contributed by atoms with van der Waals surface area (Å²) in [7, 11) is 0. The van der Waals surface area contributed by atoms with Crippen molar-refractivity contribution in [2.45, 2.75) is 19.3 Å². The van der Waals surface area contributed by atoms with E-state index in [2.05, 4.69) is 36.4 Å². The van der Waals surface area contributed by atoms with E-state index in [4.69, 9.17) is 4.52 Å². The number of benzene rings is 1. The van der Waals surface area contributed by atoms with Gasteiger partial charge in [0.2, 0.25) is 17.6 Å². The van der Waals surface area contributed by atoms with Crippen LogP contribution in [0.4, 0.5) is 4.39 Å². The lowest BCUT2D eigenvalue weighted by Gasteiger charge is -2.26. The molecule has 0 atom stereocenters. The molecule has 4 aromatic rings. The molecule has 0 spiro atoms. The summed E-state index contributed by atoms with van der Waals surface area (Å²) in [4.78, 5) is 25.7. The SMILES string of the molecule is O=C(CCc1nc(-c2ncn[nH]2)no1)N1CC=C(c2c[nH]c3cc(F)ccc23)CC1. The molecular weight excluding hydrogens is 389 g/mol. The van der Waals surface area contributed by atoms with Gasteiger partial charge in [-0.05, 0) is 30.2 Å².